The number of oxime groups is 1. The molecule has 2 saturated heterocycles. The standard InChI is InChI=1S/C34H51N5O4/c1-3-23(2)19-24-9-6-10-25(20-24)38-26-11-7-12-27(38)22-28(21-26)39-31-14-5-4-13-29(31)36-33(34(39)42)30(15-16-32(40)41)37-43-18-8-17-35/h4-5,13-14,23-28H,3,6-12,15-22,35H2,1-2H3,(H,40,41)/b37-30+/t23-,24+,25-,26-,27+,28?/m1/s1. The summed E-state index contributed by atoms with van der Waals surface area (Å²) in [4.78, 5) is 38.9. The fourth-order valence-electron chi connectivity index (χ4n) is 8.09. The number of para-hydroxylation sites is 2. The largest absolute Gasteiger partial charge is 0.481 e. The molecule has 3 heterocycles. The summed E-state index contributed by atoms with van der Waals surface area (Å²) >= 11 is 0. The summed E-state index contributed by atoms with van der Waals surface area (Å²) in [7, 11) is 0. The maximum absolute atomic E-state index is 14.3. The molecule has 6 atom stereocenters. The van der Waals surface area contributed by atoms with Gasteiger partial charge < -0.3 is 20.2 Å². The highest BCUT2D eigenvalue weighted by atomic mass is 16.6. The second kappa shape index (κ2) is 14.8. The van der Waals surface area contributed by atoms with Crippen LogP contribution in [0.1, 0.15) is 115 Å². The van der Waals surface area contributed by atoms with Crippen molar-refractivity contribution in [1.82, 2.24) is 14.5 Å². The van der Waals surface area contributed by atoms with E-state index >= 15 is 0 Å². The third kappa shape index (κ3) is 7.48. The first-order valence-corrected chi connectivity index (χ1v) is 16.8. The summed E-state index contributed by atoms with van der Waals surface area (Å²) in [6.45, 7) is 5.47. The van der Waals surface area contributed by atoms with Crippen LogP contribution < -0.4 is 11.3 Å². The molecule has 2 aromatic rings. The van der Waals surface area contributed by atoms with Crippen molar-refractivity contribution in [3.63, 3.8) is 0 Å². The molecule has 0 amide bonds. The molecule has 9 nitrogen and oxygen atoms in total. The SMILES string of the molecule is CC[C@@H](C)C[C@@H]1CCC[C@@H](N2[C@@H]3CCC[C@H]2CC(n2c(=O)c(/C(CCC(=O)O)=N/OCCCN)nc4ccccc42)C3)C1. The Labute approximate surface area is 255 Å². The molecule has 2 bridgehead atoms. The molecule has 1 saturated carbocycles. The van der Waals surface area contributed by atoms with Gasteiger partial charge in [0.2, 0.25) is 0 Å². The molecule has 5 rings (SSSR count). The molecule has 0 radical (unpaired) electrons. The summed E-state index contributed by atoms with van der Waals surface area (Å²) in [5.41, 5.74) is 7.43. The number of aliphatic carboxylic acids is 1. The number of nitrogens with zero attached hydrogens (tertiary/aromatic N) is 4. The van der Waals surface area contributed by atoms with Crippen LogP contribution in [0, 0.1) is 11.8 Å². The van der Waals surface area contributed by atoms with E-state index in [-0.39, 0.29) is 35.8 Å². The predicted molar refractivity (Wildman–Crippen MR) is 170 cm³/mol. The lowest BCUT2D eigenvalue weighted by atomic mass is 9.75. The van der Waals surface area contributed by atoms with Crippen LogP contribution in [0.5, 0.6) is 0 Å². The molecule has 3 N–H and O–H groups in total. The van der Waals surface area contributed by atoms with E-state index in [1.807, 2.05) is 28.8 Å². The molecule has 1 aromatic carbocycles. The van der Waals surface area contributed by atoms with Crippen LogP contribution in [0.25, 0.3) is 11.0 Å². The van der Waals surface area contributed by atoms with Gasteiger partial charge in [0.25, 0.3) is 5.56 Å². The fraction of sp³-hybridized carbons (Fsp3) is 0.706. The first-order chi connectivity index (χ1) is 20.9. The summed E-state index contributed by atoms with van der Waals surface area (Å²) in [5.74, 6) is 0.673. The van der Waals surface area contributed by atoms with Gasteiger partial charge in [-0.25, -0.2) is 4.98 Å². The van der Waals surface area contributed by atoms with Crippen LogP contribution in [-0.4, -0.2) is 62.5 Å². The second-order valence-electron chi connectivity index (χ2n) is 13.3. The predicted octanol–water partition coefficient (Wildman–Crippen LogP) is 5.88. The van der Waals surface area contributed by atoms with Gasteiger partial charge in [-0.2, -0.15) is 0 Å². The third-order valence-electron chi connectivity index (χ3n) is 10.2. The first-order valence-electron chi connectivity index (χ1n) is 16.8. The lowest BCUT2D eigenvalue weighted by molar-refractivity contribution is -0.136. The minimum absolute atomic E-state index is 0.0593. The molecule has 236 valence electrons. The van der Waals surface area contributed by atoms with Crippen molar-refractivity contribution in [2.45, 2.75) is 128 Å². The summed E-state index contributed by atoms with van der Waals surface area (Å²) in [6, 6.07) is 9.47. The van der Waals surface area contributed by atoms with Gasteiger partial charge in [0.1, 0.15) is 12.3 Å². The molecule has 43 heavy (non-hydrogen) atoms. The molecular formula is C34H51N5O4. The van der Waals surface area contributed by atoms with Crippen molar-refractivity contribution in [1.29, 1.82) is 0 Å². The number of carbonyl (C=O) groups is 1. The molecule has 1 unspecified atom stereocenters. The van der Waals surface area contributed by atoms with Crippen molar-refractivity contribution in [2.24, 2.45) is 22.7 Å². The number of rotatable bonds is 13. The Morgan fingerprint density at radius 1 is 1.07 bits per heavy atom. The Morgan fingerprint density at radius 2 is 1.77 bits per heavy atom. The van der Waals surface area contributed by atoms with Gasteiger partial charge in [0, 0.05) is 30.6 Å². The van der Waals surface area contributed by atoms with E-state index < -0.39 is 5.97 Å². The van der Waals surface area contributed by atoms with Gasteiger partial charge in [0.05, 0.1) is 17.5 Å². The number of piperidine rings is 2. The van der Waals surface area contributed by atoms with Crippen LogP contribution in [0.2, 0.25) is 0 Å². The van der Waals surface area contributed by atoms with Crippen molar-refractivity contribution < 1.29 is 14.7 Å². The Balaban J connectivity index is 1.45. The molecule has 3 fully saturated rings. The number of hydrogen-bond acceptors (Lipinski definition) is 7. The Hall–Kier alpha value is -2.78. The van der Waals surface area contributed by atoms with E-state index in [1.54, 1.807) is 0 Å². The average molecular weight is 594 g/mol. The summed E-state index contributed by atoms with van der Waals surface area (Å²) in [6.07, 6.45) is 14.0. The quantitative estimate of drug-likeness (QED) is 0.169. The van der Waals surface area contributed by atoms with Crippen LogP contribution >= 0.6 is 0 Å². The minimum atomic E-state index is -0.954. The lowest BCUT2D eigenvalue weighted by Crippen LogP contribution is -2.58. The van der Waals surface area contributed by atoms with Crippen LogP contribution in [0.4, 0.5) is 0 Å². The van der Waals surface area contributed by atoms with Crippen molar-refractivity contribution in [2.75, 3.05) is 13.2 Å². The van der Waals surface area contributed by atoms with E-state index in [0.717, 1.165) is 35.7 Å². The Bertz CT molecular complexity index is 1310. The summed E-state index contributed by atoms with van der Waals surface area (Å²) in [5, 5.41) is 13.6. The Kier molecular flexibility index (Phi) is 10.9. The summed E-state index contributed by atoms with van der Waals surface area (Å²) < 4.78 is 1.96. The fourth-order valence-corrected chi connectivity index (χ4v) is 8.09. The monoisotopic (exact) mass is 593 g/mol. The number of aromatic nitrogens is 2. The number of carboxylic acids is 1. The van der Waals surface area contributed by atoms with Crippen molar-refractivity contribution in [3.8, 4) is 0 Å². The van der Waals surface area contributed by atoms with Gasteiger partial charge >= 0.3 is 5.97 Å². The molecule has 9 heteroatoms. The molecule has 1 aliphatic carbocycles. The van der Waals surface area contributed by atoms with Gasteiger partial charge in [-0.15, -0.1) is 0 Å². The lowest BCUT2D eigenvalue weighted by Gasteiger charge is -2.54. The van der Waals surface area contributed by atoms with Crippen LogP contribution in [-0.2, 0) is 9.63 Å². The van der Waals surface area contributed by atoms with Crippen LogP contribution in [0.3, 0.4) is 0 Å². The second-order valence-corrected chi connectivity index (χ2v) is 13.3. The van der Waals surface area contributed by atoms with Gasteiger partial charge in [-0.3, -0.25) is 14.5 Å². The average Bonchev–Trinajstić information content (AvgIpc) is 3.00. The van der Waals surface area contributed by atoms with Gasteiger partial charge in [0.15, 0.2) is 5.69 Å². The van der Waals surface area contributed by atoms with Gasteiger partial charge in [-0.1, -0.05) is 56.8 Å². The smallest absolute Gasteiger partial charge is 0.303 e. The van der Waals surface area contributed by atoms with E-state index in [0.29, 0.717) is 37.7 Å². The highest BCUT2D eigenvalue weighted by Crippen LogP contribution is 2.44. The number of fused-ring (bicyclic) bond motifs is 3. The van der Waals surface area contributed by atoms with E-state index in [4.69, 9.17) is 15.6 Å². The number of benzene rings is 1. The Morgan fingerprint density at radius 3 is 2.47 bits per heavy atom. The van der Waals surface area contributed by atoms with E-state index in [9.17, 15) is 14.7 Å². The van der Waals surface area contributed by atoms with Crippen LogP contribution in [0.15, 0.2) is 34.2 Å². The van der Waals surface area contributed by atoms with Crippen molar-refractivity contribution >= 4 is 22.7 Å². The zero-order chi connectivity index (χ0) is 30.3. The molecule has 3 aliphatic rings. The number of carboxylic acid groups (broad SMARTS) is 1. The minimum Gasteiger partial charge on any atom is -0.481 e. The maximum Gasteiger partial charge on any atom is 0.303 e. The van der Waals surface area contributed by atoms with E-state index in [1.165, 1.54) is 57.8 Å². The van der Waals surface area contributed by atoms with E-state index in [2.05, 4.69) is 23.9 Å². The third-order valence-corrected chi connectivity index (χ3v) is 10.2. The maximum atomic E-state index is 14.3. The van der Waals surface area contributed by atoms with Gasteiger partial charge in [-0.05, 0) is 81.9 Å². The zero-order valence-electron chi connectivity index (χ0n) is 26.1. The topological polar surface area (TPSA) is 123 Å². The normalized spacial score (nSPS) is 27.2. The number of hydrogen-bond donors (Lipinski definition) is 2. The highest BCUT2D eigenvalue weighted by molar-refractivity contribution is 6.00. The molecule has 1 aromatic heterocycles. The zero-order valence-corrected chi connectivity index (χ0v) is 26.1. The number of nitrogens with two attached hydrogens (primary N) is 1. The molecule has 2 aliphatic heterocycles. The van der Waals surface area contributed by atoms with Crippen molar-refractivity contribution in [3.05, 3.63) is 40.3 Å². The molecular weight excluding hydrogens is 542 g/mol. The molecule has 0 spiro atoms. The first kappa shape index (κ1) is 31.6. The highest BCUT2D eigenvalue weighted by Gasteiger charge is 2.44.